The van der Waals surface area contributed by atoms with Gasteiger partial charge in [-0.1, -0.05) is 34.8 Å². The van der Waals surface area contributed by atoms with Crippen LogP contribution in [0.5, 0.6) is 0 Å². The lowest BCUT2D eigenvalue weighted by atomic mass is 10.2. The molecule has 0 atom stereocenters. The van der Waals surface area contributed by atoms with Crippen molar-refractivity contribution in [2.24, 2.45) is 4.99 Å². The van der Waals surface area contributed by atoms with Gasteiger partial charge in [-0.25, -0.2) is 4.99 Å². The summed E-state index contributed by atoms with van der Waals surface area (Å²) in [4.78, 5) is 17.3. The molecule has 0 saturated carbocycles. The molecule has 3 aromatic rings. The van der Waals surface area contributed by atoms with E-state index in [0.29, 0.717) is 36.7 Å². The SMILES string of the molecule is Cc1cc(Cl)ccc1N=C1NC(=O)/C(=C/c2ccc(-c3ccc(Cl)c(Cl)c3)o2)S1. The van der Waals surface area contributed by atoms with E-state index < -0.39 is 0 Å². The average molecular weight is 464 g/mol. The third-order valence-corrected chi connectivity index (χ3v) is 6.02. The van der Waals surface area contributed by atoms with E-state index >= 15 is 0 Å². The number of amides is 1. The molecule has 1 aliphatic rings. The van der Waals surface area contributed by atoms with Crippen molar-refractivity contribution in [3.05, 3.63) is 79.8 Å². The van der Waals surface area contributed by atoms with Crippen molar-refractivity contribution in [3.63, 3.8) is 0 Å². The van der Waals surface area contributed by atoms with Crippen molar-refractivity contribution >= 4 is 69.4 Å². The summed E-state index contributed by atoms with van der Waals surface area (Å²) in [6, 6.07) is 14.3. The van der Waals surface area contributed by atoms with E-state index in [0.717, 1.165) is 16.8 Å². The molecular formula is C21H13Cl3N2O2S. The third-order valence-electron chi connectivity index (χ3n) is 4.14. The van der Waals surface area contributed by atoms with Crippen molar-refractivity contribution in [1.29, 1.82) is 0 Å². The highest BCUT2D eigenvalue weighted by Crippen LogP contribution is 2.33. The monoisotopic (exact) mass is 462 g/mol. The largest absolute Gasteiger partial charge is 0.457 e. The van der Waals surface area contributed by atoms with E-state index in [1.54, 1.807) is 30.3 Å². The number of carbonyl (C=O) groups is 1. The summed E-state index contributed by atoms with van der Waals surface area (Å²) in [5.74, 6) is 0.949. The van der Waals surface area contributed by atoms with Gasteiger partial charge < -0.3 is 9.73 Å². The van der Waals surface area contributed by atoms with Gasteiger partial charge in [-0.3, -0.25) is 4.79 Å². The molecule has 1 aliphatic heterocycles. The van der Waals surface area contributed by atoms with Gasteiger partial charge in [0, 0.05) is 16.7 Å². The highest BCUT2D eigenvalue weighted by Gasteiger charge is 2.24. The van der Waals surface area contributed by atoms with Gasteiger partial charge in [-0.05, 0) is 72.8 Å². The molecule has 1 N–H and O–H groups in total. The Bertz CT molecular complexity index is 1180. The van der Waals surface area contributed by atoms with E-state index in [1.807, 2.05) is 31.2 Å². The van der Waals surface area contributed by atoms with Gasteiger partial charge in [0.2, 0.25) is 0 Å². The number of rotatable bonds is 3. The molecule has 1 fully saturated rings. The molecule has 0 spiro atoms. The zero-order valence-electron chi connectivity index (χ0n) is 15.0. The molecule has 4 rings (SSSR count). The Balaban J connectivity index is 1.56. The maximum Gasteiger partial charge on any atom is 0.264 e. The second-order valence-corrected chi connectivity index (χ2v) is 8.52. The predicted octanol–water partition coefficient (Wildman–Crippen LogP) is 7.11. The first-order chi connectivity index (χ1) is 13.9. The quantitative estimate of drug-likeness (QED) is 0.421. The smallest absolute Gasteiger partial charge is 0.264 e. The third kappa shape index (κ3) is 4.54. The standard InChI is InChI=1S/C21H13Cl3N2O2S/c1-11-8-13(22)3-6-17(11)25-21-26-20(27)19(29-21)10-14-4-7-18(28-14)12-2-5-15(23)16(24)9-12/h2-10H,1H3,(H,25,26,27)/b19-10-. The zero-order valence-corrected chi connectivity index (χ0v) is 18.1. The fourth-order valence-corrected chi connectivity index (χ4v) is 4.04. The van der Waals surface area contributed by atoms with Crippen LogP contribution in [0, 0.1) is 6.92 Å². The van der Waals surface area contributed by atoms with Crippen LogP contribution in [-0.4, -0.2) is 11.1 Å². The number of benzene rings is 2. The lowest BCUT2D eigenvalue weighted by Gasteiger charge is -2.01. The predicted molar refractivity (Wildman–Crippen MR) is 121 cm³/mol. The molecule has 1 aromatic heterocycles. The van der Waals surface area contributed by atoms with Crippen molar-refractivity contribution in [2.75, 3.05) is 0 Å². The van der Waals surface area contributed by atoms with Gasteiger partial charge in [0.05, 0.1) is 20.6 Å². The molecule has 146 valence electrons. The number of nitrogens with zero attached hydrogens (tertiary/aromatic N) is 1. The normalized spacial score (nSPS) is 16.6. The molecule has 0 radical (unpaired) electrons. The van der Waals surface area contributed by atoms with Gasteiger partial charge in [0.15, 0.2) is 5.17 Å². The summed E-state index contributed by atoms with van der Waals surface area (Å²) in [7, 11) is 0. The number of halogens is 3. The first-order valence-corrected chi connectivity index (χ1v) is 10.4. The Hall–Kier alpha value is -2.18. The first kappa shape index (κ1) is 20.1. The Kier molecular flexibility index (Phi) is 5.74. The van der Waals surface area contributed by atoms with Gasteiger partial charge in [0.1, 0.15) is 11.5 Å². The second kappa shape index (κ2) is 8.28. The van der Waals surface area contributed by atoms with Gasteiger partial charge in [-0.15, -0.1) is 0 Å². The number of aryl methyl sites for hydroxylation is 1. The van der Waals surface area contributed by atoms with Crippen molar-refractivity contribution in [3.8, 4) is 11.3 Å². The number of thioether (sulfide) groups is 1. The van der Waals surface area contributed by atoms with E-state index in [4.69, 9.17) is 39.2 Å². The van der Waals surface area contributed by atoms with Gasteiger partial charge in [0.25, 0.3) is 5.91 Å². The Morgan fingerprint density at radius 3 is 2.62 bits per heavy atom. The summed E-state index contributed by atoms with van der Waals surface area (Å²) in [6.45, 7) is 1.91. The zero-order chi connectivity index (χ0) is 20.5. The molecule has 8 heteroatoms. The molecule has 1 amide bonds. The van der Waals surface area contributed by atoms with Crippen molar-refractivity contribution in [2.45, 2.75) is 6.92 Å². The van der Waals surface area contributed by atoms with Crippen LogP contribution in [0.3, 0.4) is 0 Å². The fourth-order valence-electron chi connectivity index (χ4n) is 2.70. The second-order valence-electron chi connectivity index (χ2n) is 6.24. The van der Waals surface area contributed by atoms with Crippen LogP contribution >= 0.6 is 46.6 Å². The Morgan fingerprint density at radius 1 is 1.03 bits per heavy atom. The van der Waals surface area contributed by atoms with Crippen LogP contribution in [-0.2, 0) is 4.79 Å². The minimum Gasteiger partial charge on any atom is -0.457 e. The van der Waals surface area contributed by atoms with Crippen LogP contribution in [0.25, 0.3) is 17.4 Å². The highest BCUT2D eigenvalue weighted by atomic mass is 35.5. The molecule has 29 heavy (non-hydrogen) atoms. The maximum absolute atomic E-state index is 12.3. The maximum atomic E-state index is 12.3. The summed E-state index contributed by atoms with van der Waals surface area (Å²) in [6.07, 6.45) is 1.68. The highest BCUT2D eigenvalue weighted by molar-refractivity contribution is 8.18. The number of amidine groups is 1. The summed E-state index contributed by atoms with van der Waals surface area (Å²) in [5, 5.41) is 4.84. The molecule has 4 nitrogen and oxygen atoms in total. The number of nitrogens with one attached hydrogen (secondary N) is 1. The number of furan rings is 1. The number of hydrogen-bond donors (Lipinski definition) is 1. The molecular weight excluding hydrogens is 451 g/mol. The fraction of sp³-hybridized carbons (Fsp3) is 0.0476. The van der Waals surface area contributed by atoms with Crippen molar-refractivity contribution < 1.29 is 9.21 Å². The minimum atomic E-state index is -0.229. The minimum absolute atomic E-state index is 0.229. The van der Waals surface area contributed by atoms with E-state index in [9.17, 15) is 4.79 Å². The summed E-state index contributed by atoms with van der Waals surface area (Å²) in [5.41, 5.74) is 2.47. The topological polar surface area (TPSA) is 54.6 Å². The number of aliphatic imine (C=N–C) groups is 1. The molecule has 2 aromatic carbocycles. The Labute approximate surface area is 186 Å². The molecule has 1 saturated heterocycles. The van der Waals surface area contributed by atoms with E-state index in [2.05, 4.69) is 10.3 Å². The lowest BCUT2D eigenvalue weighted by Crippen LogP contribution is -2.19. The molecule has 0 unspecified atom stereocenters. The Morgan fingerprint density at radius 2 is 1.86 bits per heavy atom. The summed E-state index contributed by atoms with van der Waals surface area (Å²) >= 11 is 19.2. The van der Waals surface area contributed by atoms with Crippen LogP contribution in [0.2, 0.25) is 15.1 Å². The first-order valence-electron chi connectivity index (χ1n) is 8.50. The molecule has 0 aliphatic carbocycles. The molecule has 0 bridgehead atoms. The summed E-state index contributed by atoms with van der Waals surface area (Å²) < 4.78 is 5.83. The average Bonchev–Trinajstić information content (AvgIpc) is 3.27. The van der Waals surface area contributed by atoms with Crippen LogP contribution < -0.4 is 5.32 Å². The number of hydrogen-bond acceptors (Lipinski definition) is 4. The van der Waals surface area contributed by atoms with Crippen LogP contribution in [0.1, 0.15) is 11.3 Å². The molecule has 2 heterocycles. The van der Waals surface area contributed by atoms with Gasteiger partial charge >= 0.3 is 0 Å². The van der Waals surface area contributed by atoms with Gasteiger partial charge in [-0.2, -0.15) is 0 Å². The lowest BCUT2D eigenvalue weighted by molar-refractivity contribution is -0.115. The van der Waals surface area contributed by atoms with Crippen LogP contribution in [0.15, 0.2) is 62.8 Å². The van der Waals surface area contributed by atoms with E-state index in [-0.39, 0.29) is 5.91 Å². The number of carbonyl (C=O) groups excluding carboxylic acids is 1. The van der Waals surface area contributed by atoms with Crippen molar-refractivity contribution in [1.82, 2.24) is 5.32 Å². The van der Waals surface area contributed by atoms with Crippen LogP contribution in [0.4, 0.5) is 5.69 Å². The van der Waals surface area contributed by atoms with E-state index in [1.165, 1.54) is 11.8 Å².